The molecule has 0 amide bonds. The summed E-state index contributed by atoms with van der Waals surface area (Å²) in [6, 6.07) is 0. The van der Waals surface area contributed by atoms with Gasteiger partial charge in [0.1, 0.15) is 0 Å². The highest BCUT2D eigenvalue weighted by molar-refractivity contribution is 4.87. The molecule has 0 heterocycles. The third-order valence-electron chi connectivity index (χ3n) is 2.34. The highest BCUT2D eigenvalue weighted by Crippen LogP contribution is 2.27. The van der Waals surface area contributed by atoms with Crippen molar-refractivity contribution in [2.24, 2.45) is 16.9 Å². The maximum atomic E-state index is 7.57. The van der Waals surface area contributed by atoms with Crippen molar-refractivity contribution in [3.05, 3.63) is 0 Å². The van der Waals surface area contributed by atoms with Crippen LogP contribution < -0.4 is 11.5 Å². The fourth-order valence-electron chi connectivity index (χ4n) is 0.381. The van der Waals surface area contributed by atoms with E-state index in [1.54, 1.807) is 6.92 Å². The lowest BCUT2D eigenvalue weighted by Crippen LogP contribution is -2.57. The highest BCUT2D eigenvalue weighted by Gasteiger charge is 2.31. The van der Waals surface area contributed by atoms with Gasteiger partial charge in [0.15, 0.2) is 0 Å². The molecule has 5 N–H and O–H groups in total. The minimum Gasteiger partial charge on any atom is -0.397 e. The van der Waals surface area contributed by atoms with Gasteiger partial charge in [-0.3, -0.25) is 0 Å². The van der Waals surface area contributed by atoms with E-state index in [0.29, 0.717) is 0 Å². The molecule has 0 radical (unpaired) electrons. The van der Waals surface area contributed by atoms with Crippen LogP contribution in [0.4, 0.5) is 0 Å². The van der Waals surface area contributed by atoms with Gasteiger partial charge in [-0.25, -0.2) is 0 Å². The number of hydrogen-bond donors (Lipinski definition) is 3. The van der Waals surface area contributed by atoms with Crippen LogP contribution >= 0.6 is 0 Å². The molecule has 0 aromatic heterocycles. The number of aliphatic hydroxyl groups excluding tert-OH is 1. The van der Waals surface area contributed by atoms with Crippen LogP contribution in [0.15, 0.2) is 0 Å². The van der Waals surface area contributed by atoms with Gasteiger partial charge in [-0.2, -0.15) is 0 Å². The first-order valence-electron chi connectivity index (χ1n) is 4.41. The molecule has 0 rings (SSSR count). The van der Waals surface area contributed by atoms with Crippen LogP contribution in [-0.2, 0) is 0 Å². The van der Waals surface area contributed by atoms with Crippen LogP contribution in [0, 0.1) is 5.41 Å². The van der Waals surface area contributed by atoms with Gasteiger partial charge in [0.2, 0.25) is 0 Å². The van der Waals surface area contributed by atoms with Crippen LogP contribution in [0.1, 0.15) is 41.0 Å². The molecule has 76 valence electrons. The average Bonchev–Trinajstić information content (AvgIpc) is 1.87. The van der Waals surface area contributed by atoms with Crippen molar-refractivity contribution in [2.45, 2.75) is 46.7 Å². The van der Waals surface area contributed by atoms with Crippen LogP contribution in [0.5, 0.6) is 0 Å². The van der Waals surface area contributed by atoms with Crippen molar-refractivity contribution in [3.63, 3.8) is 0 Å². The van der Waals surface area contributed by atoms with Gasteiger partial charge >= 0.3 is 0 Å². The summed E-state index contributed by atoms with van der Waals surface area (Å²) in [5, 5.41) is 7.57. The third kappa shape index (κ3) is 5.52. The predicted octanol–water partition coefficient (Wildman–Crippen LogP) is 1.05. The molecule has 0 aromatic rings. The quantitative estimate of drug-likeness (QED) is 0.551. The molecule has 0 saturated heterocycles. The normalized spacial score (nSPS) is 12.0. The Hall–Kier alpha value is -0.120. The topological polar surface area (TPSA) is 72.3 Å². The number of aliphatic hydroxyl groups is 1. The van der Waals surface area contributed by atoms with E-state index >= 15 is 0 Å². The largest absolute Gasteiger partial charge is 0.397 e. The summed E-state index contributed by atoms with van der Waals surface area (Å²) in [6.07, 6.45) is 1.01. The van der Waals surface area contributed by atoms with Crippen molar-refractivity contribution in [2.75, 3.05) is 6.61 Å². The Balaban J connectivity index is 0. The summed E-state index contributed by atoms with van der Waals surface area (Å²) in [5.41, 5.74) is 10.9. The molecule has 3 nitrogen and oxygen atoms in total. The lowest BCUT2D eigenvalue weighted by molar-refractivity contribution is 0.182. The molecule has 0 saturated carbocycles. The van der Waals surface area contributed by atoms with Gasteiger partial charge in [-0.05, 0) is 25.7 Å². The van der Waals surface area contributed by atoms with Gasteiger partial charge in [0.25, 0.3) is 0 Å². The van der Waals surface area contributed by atoms with Crippen LogP contribution in [0.25, 0.3) is 0 Å². The first-order chi connectivity index (χ1) is 5.22. The Morgan fingerprint density at radius 1 is 1.08 bits per heavy atom. The molecule has 0 atom stereocenters. The van der Waals surface area contributed by atoms with Crippen molar-refractivity contribution in [1.82, 2.24) is 0 Å². The third-order valence-corrected chi connectivity index (χ3v) is 2.34. The molecule has 0 bridgehead atoms. The summed E-state index contributed by atoms with van der Waals surface area (Å²) in [6.45, 7) is 10.0. The van der Waals surface area contributed by atoms with Crippen LogP contribution in [-0.4, -0.2) is 17.4 Å². The van der Waals surface area contributed by atoms with E-state index < -0.39 is 5.66 Å². The molecule has 0 unspecified atom stereocenters. The first kappa shape index (κ1) is 14.4. The molecule has 0 aliphatic rings. The molecule has 0 aromatic carbocycles. The zero-order valence-electron chi connectivity index (χ0n) is 9.02. The smallest absolute Gasteiger partial charge is 0.0659 e. The lowest BCUT2D eigenvalue weighted by Gasteiger charge is -2.37. The van der Waals surface area contributed by atoms with Crippen molar-refractivity contribution in [1.29, 1.82) is 0 Å². The summed E-state index contributed by atoms with van der Waals surface area (Å²) in [7, 11) is 0. The Morgan fingerprint density at radius 3 is 1.33 bits per heavy atom. The second kappa shape index (κ2) is 5.51. The fraction of sp³-hybridized carbons (Fsp3) is 1.00. The molecular weight excluding hydrogens is 152 g/mol. The van der Waals surface area contributed by atoms with Crippen LogP contribution in [0.2, 0.25) is 0 Å². The number of nitrogens with two attached hydrogens (primary N) is 2. The molecule has 0 spiro atoms. The van der Waals surface area contributed by atoms with Gasteiger partial charge < -0.3 is 16.6 Å². The van der Waals surface area contributed by atoms with Gasteiger partial charge in [0, 0.05) is 6.61 Å². The zero-order chi connectivity index (χ0) is 10.4. The Bertz CT molecular complexity index is 106. The summed E-state index contributed by atoms with van der Waals surface area (Å²) in [4.78, 5) is 0. The molecule has 0 aliphatic carbocycles. The lowest BCUT2D eigenvalue weighted by atomic mass is 9.79. The van der Waals surface area contributed by atoms with E-state index in [1.165, 1.54) is 0 Å². The van der Waals surface area contributed by atoms with Crippen molar-refractivity contribution >= 4 is 0 Å². The average molecular weight is 176 g/mol. The van der Waals surface area contributed by atoms with E-state index in [9.17, 15) is 0 Å². The Morgan fingerprint density at radius 2 is 1.33 bits per heavy atom. The maximum absolute atomic E-state index is 7.57. The van der Waals surface area contributed by atoms with E-state index in [4.69, 9.17) is 16.6 Å². The Kier molecular flexibility index (Phi) is 6.62. The second-order valence-corrected chi connectivity index (χ2v) is 3.84. The molecule has 3 heteroatoms. The number of hydrogen-bond acceptors (Lipinski definition) is 3. The monoisotopic (exact) mass is 176 g/mol. The van der Waals surface area contributed by atoms with Gasteiger partial charge in [-0.15, -0.1) is 0 Å². The zero-order valence-corrected chi connectivity index (χ0v) is 9.02. The standard InChI is InChI=1S/C7H18N2.C2H6O/c1-5-6(2,3)7(4,8)9;1-2-3/h5,8-9H2,1-4H3;3H,2H2,1H3. The number of rotatable bonds is 2. The van der Waals surface area contributed by atoms with Gasteiger partial charge in [-0.1, -0.05) is 20.8 Å². The fourth-order valence-corrected chi connectivity index (χ4v) is 0.381. The second-order valence-electron chi connectivity index (χ2n) is 3.84. The molecule has 12 heavy (non-hydrogen) atoms. The van der Waals surface area contributed by atoms with Crippen LogP contribution in [0.3, 0.4) is 0 Å². The molecule has 0 aliphatic heterocycles. The highest BCUT2D eigenvalue weighted by atomic mass is 16.2. The summed E-state index contributed by atoms with van der Waals surface area (Å²) >= 11 is 0. The van der Waals surface area contributed by atoms with Crippen molar-refractivity contribution < 1.29 is 5.11 Å². The maximum Gasteiger partial charge on any atom is 0.0659 e. The first-order valence-corrected chi connectivity index (χ1v) is 4.41. The Labute approximate surface area is 76.1 Å². The molecular formula is C9H24N2O. The summed E-state index contributed by atoms with van der Waals surface area (Å²) < 4.78 is 0. The minimum absolute atomic E-state index is 0.0347. The SMILES string of the molecule is CCC(C)(C)C(C)(N)N.CCO. The van der Waals surface area contributed by atoms with E-state index in [2.05, 4.69) is 20.8 Å². The summed E-state index contributed by atoms with van der Waals surface area (Å²) in [5.74, 6) is 0. The van der Waals surface area contributed by atoms with E-state index in [0.717, 1.165) is 6.42 Å². The van der Waals surface area contributed by atoms with E-state index in [1.807, 2.05) is 6.92 Å². The van der Waals surface area contributed by atoms with Crippen molar-refractivity contribution in [3.8, 4) is 0 Å². The van der Waals surface area contributed by atoms with E-state index in [-0.39, 0.29) is 12.0 Å². The minimum atomic E-state index is -0.554. The predicted molar refractivity (Wildman–Crippen MR) is 53.6 cm³/mol. The van der Waals surface area contributed by atoms with Gasteiger partial charge in [0.05, 0.1) is 5.66 Å². The molecule has 0 fully saturated rings.